The number of halogens is 1. The molecule has 0 aliphatic carbocycles. The van der Waals surface area contributed by atoms with Gasteiger partial charge in [-0.2, -0.15) is 0 Å². The van der Waals surface area contributed by atoms with Gasteiger partial charge >= 0.3 is 0 Å². The lowest BCUT2D eigenvalue weighted by Gasteiger charge is -2.02. The molecule has 0 saturated carbocycles. The van der Waals surface area contributed by atoms with Crippen molar-refractivity contribution >= 4 is 32.6 Å². The third kappa shape index (κ3) is 2.75. The summed E-state index contributed by atoms with van der Waals surface area (Å²) in [5.74, 6) is -0.163. The maximum Gasteiger partial charge on any atom is 0.276 e. The Morgan fingerprint density at radius 2 is 2.09 bits per heavy atom. The van der Waals surface area contributed by atoms with Crippen molar-refractivity contribution in [3.63, 3.8) is 0 Å². The van der Waals surface area contributed by atoms with Gasteiger partial charge in [-0.25, -0.2) is 14.4 Å². The molecule has 3 aromatic rings. The summed E-state index contributed by atoms with van der Waals surface area (Å²) < 4.78 is 19.3. The molecular formula is C15H12FN3O2S. The number of benzene rings is 1. The van der Waals surface area contributed by atoms with Crippen LogP contribution in [0.5, 0.6) is 5.75 Å². The van der Waals surface area contributed by atoms with E-state index in [2.05, 4.69) is 15.3 Å². The normalized spacial score (nSPS) is 10.7. The predicted molar refractivity (Wildman–Crippen MR) is 83.1 cm³/mol. The van der Waals surface area contributed by atoms with Gasteiger partial charge in [-0.1, -0.05) is 11.3 Å². The summed E-state index contributed by atoms with van der Waals surface area (Å²) in [7, 11) is 1.58. The number of aromatic nitrogens is 2. The quantitative estimate of drug-likeness (QED) is 0.804. The number of methoxy groups -OCH3 is 1. The number of fused-ring (bicyclic) bond motifs is 1. The number of rotatable bonds is 3. The molecule has 0 saturated heterocycles. The highest BCUT2D eigenvalue weighted by Gasteiger charge is 2.13. The maximum atomic E-state index is 13.2. The number of hydrogen-bond donors (Lipinski definition) is 1. The molecule has 1 aromatic carbocycles. The molecule has 0 unspecified atom stereocenters. The van der Waals surface area contributed by atoms with Crippen LogP contribution in [0.4, 0.5) is 9.52 Å². The fourth-order valence-electron chi connectivity index (χ4n) is 1.92. The molecule has 112 valence electrons. The Morgan fingerprint density at radius 1 is 1.27 bits per heavy atom. The highest BCUT2D eigenvalue weighted by molar-refractivity contribution is 7.22. The van der Waals surface area contributed by atoms with Gasteiger partial charge in [-0.15, -0.1) is 0 Å². The molecule has 3 rings (SSSR count). The summed E-state index contributed by atoms with van der Waals surface area (Å²) in [5, 5.41) is 3.13. The molecule has 0 bridgehead atoms. The zero-order valence-electron chi connectivity index (χ0n) is 11.9. The van der Waals surface area contributed by atoms with Gasteiger partial charge in [0, 0.05) is 6.07 Å². The van der Waals surface area contributed by atoms with Crippen molar-refractivity contribution in [2.75, 3.05) is 12.4 Å². The van der Waals surface area contributed by atoms with E-state index >= 15 is 0 Å². The van der Waals surface area contributed by atoms with Crippen molar-refractivity contribution in [1.82, 2.24) is 9.97 Å². The lowest BCUT2D eigenvalue weighted by Crippen LogP contribution is -2.14. The SMILES string of the molecule is COc1ccc2sc(NC(=O)c3ccc(F)c(C)n3)nc2c1. The average Bonchev–Trinajstić information content (AvgIpc) is 2.90. The second kappa shape index (κ2) is 5.69. The highest BCUT2D eigenvalue weighted by Crippen LogP contribution is 2.29. The van der Waals surface area contributed by atoms with Gasteiger partial charge < -0.3 is 4.74 Å². The van der Waals surface area contributed by atoms with Crippen LogP contribution in [0, 0.1) is 12.7 Å². The lowest BCUT2D eigenvalue weighted by atomic mass is 10.3. The molecule has 2 heterocycles. The molecule has 1 N–H and O–H groups in total. The van der Waals surface area contributed by atoms with Gasteiger partial charge in [0.05, 0.1) is 23.0 Å². The minimum absolute atomic E-state index is 0.149. The molecule has 0 spiro atoms. The number of nitrogens with zero attached hydrogens (tertiary/aromatic N) is 2. The monoisotopic (exact) mass is 317 g/mol. The molecule has 0 aliphatic rings. The summed E-state index contributed by atoms with van der Waals surface area (Å²) in [6.45, 7) is 1.51. The van der Waals surface area contributed by atoms with Crippen molar-refractivity contribution < 1.29 is 13.9 Å². The molecule has 0 radical (unpaired) electrons. The minimum atomic E-state index is -0.441. The summed E-state index contributed by atoms with van der Waals surface area (Å²) in [4.78, 5) is 20.4. The first kappa shape index (κ1) is 14.4. The zero-order valence-corrected chi connectivity index (χ0v) is 12.7. The van der Waals surface area contributed by atoms with E-state index in [1.54, 1.807) is 13.2 Å². The van der Waals surface area contributed by atoms with Crippen LogP contribution in [0.2, 0.25) is 0 Å². The molecule has 7 heteroatoms. The first-order valence-electron chi connectivity index (χ1n) is 6.46. The van der Waals surface area contributed by atoms with Gasteiger partial charge in [0.2, 0.25) is 0 Å². The molecule has 22 heavy (non-hydrogen) atoms. The smallest absolute Gasteiger partial charge is 0.276 e. The molecule has 0 aliphatic heterocycles. The summed E-state index contributed by atoms with van der Waals surface area (Å²) in [5.41, 5.74) is 1.07. The number of carbonyl (C=O) groups is 1. The molecule has 0 fully saturated rings. The Morgan fingerprint density at radius 3 is 2.82 bits per heavy atom. The van der Waals surface area contributed by atoms with Crippen LogP contribution < -0.4 is 10.1 Å². The maximum absolute atomic E-state index is 13.2. The predicted octanol–water partition coefficient (Wildman–Crippen LogP) is 3.40. The minimum Gasteiger partial charge on any atom is -0.497 e. The number of hydrogen-bond acceptors (Lipinski definition) is 5. The second-order valence-electron chi connectivity index (χ2n) is 4.57. The van der Waals surface area contributed by atoms with E-state index in [0.29, 0.717) is 10.9 Å². The van der Waals surface area contributed by atoms with Crippen molar-refractivity contribution in [2.45, 2.75) is 6.92 Å². The number of pyridine rings is 1. The van der Waals surface area contributed by atoms with Gasteiger partial charge in [0.25, 0.3) is 5.91 Å². The number of nitrogens with one attached hydrogen (secondary N) is 1. The fraction of sp³-hybridized carbons (Fsp3) is 0.133. The zero-order chi connectivity index (χ0) is 15.7. The van der Waals surface area contributed by atoms with E-state index < -0.39 is 11.7 Å². The van der Waals surface area contributed by atoms with Gasteiger partial charge in [-0.05, 0) is 31.2 Å². The topological polar surface area (TPSA) is 64.1 Å². The average molecular weight is 317 g/mol. The Labute approximate surface area is 129 Å². The number of anilines is 1. The Bertz CT molecular complexity index is 863. The van der Waals surface area contributed by atoms with Crippen LogP contribution in [0.15, 0.2) is 30.3 Å². The number of ether oxygens (including phenoxy) is 1. The summed E-state index contributed by atoms with van der Waals surface area (Å²) in [6, 6.07) is 8.06. The van der Waals surface area contributed by atoms with E-state index in [4.69, 9.17) is 4.74 Å². The Kier molecular flexibility index (Phi) is 3.72. The van der Waals surface area contributed by atoms with Gasteiger partial charge in [-0.3, -0.25) is 10.1 Å². The molecule has 5 nitrogen and oxygen atoms in total. The number of thiazole rings is 1. The first-order valence-corrected chi connectivity index (χ1v) is 7.27. The number of carbonyl (C=O) groups excluding carboxylic acids is 1. The number of aryl methyl sites for hydroxylation is 1. The number of amides is 1. The Hall–Kier alpha value is -2.54. The Balaban J connectivity index is 1.85. The largest absolute Gasteiger partial charge is 0.497 e. The van der Waals surface area contributed by atoms with Crippen LogP contribution in [-0.4, -0.2) is 23.0 Å². The van der Waals surface area contributed by atoms with Crippen LogP contribution in [0.3, 0.4) is 0 Å². The highest BCUT2D eigenvalue weighted by atomic mass is 32.1. The first-order chi connectivity index (χ1) is 10.6. The molecule has 2 aromatic heterocycles. The molecule has 0 atom stereocenters. The van der Waals surface area contributed by atoms with E-state index in [0.717, 1.165) is 10.2 Å². The summed E-state index contributed by atoms with van der Waals surface area (Å²) >= 11 is 1.35. The molecule has 1 amide bonds. The lowest BCUT2D eigenvalue weighted by molar-refractivity contribution is 0.102. The van der Waals surface area contributed by atoms with Crippen molar-refractivity contribution in [2.24, 2.45) is 0 Å². The van der Waals surface area contributed by atoms with Gasteiger partial charge in [0.1, 0.15) is 17.3 Å². The summed E-state index contributed by atoms with van der Waals surface area (Å²) in [6.07, 6.45) is 0. The van der Waals surface area contributed by atoms with Crippen LogP contribution in [0.1, 0.15) is 16.2 Å². The van der Waals surface area contributed by atoms with E-state index in [-0.39, 0.29) is 11.4 Å². The van der Waals surface area contributed by atoms with E-state index in [9.17, 15) is 9.18 Å². The van der Waals surface area contributed by atoms with Crippen LogP contribution in [-0.2, 0) is 0 Å². The molecular weight excluding hydrogens is 305 g/mol. The second-order valence-corrected chi connectivity index (χ2v) is 5.60. The third-order valence-corrected chi connectivity index (χ3v) is 4.02. The standard InChI is InChI=1S/C15H12FN3O2S/c1-8-10(16)4-5-11(17-8)14(20)19-15-18-12-7-9(21-2)3-6-13(12)22-15/h3-7H,1-2H3,(H,18,19,20). The third-order valence-electron chi connectivity index (χ3n) is 3.07. The van der Waals surface area contributed by atoms with E-state index in [1.165, 1.54) is 30.4 Å². The van der Waals surface area contributed by atoms with Gasteiger partial charge in [0.15, 0.2) is 5.13 Å². The van der Waals surface area contributed by atoms with Crippen LogP contribution >= 0.6 is 11.3 Å². The fourth-order valence-corrected chi connectivity index (χ4v) is 2.76. The van der Waals surface area contributed by atoms with Crippen LogP contribution in [0.25, 0.3) is 10.2 Å². The van der Waals surface area contributed by atoms with E-state index in [1.807, 2.05) is 12.1 Å². The van der Waals surface area contributed by atoms with Crippen molar-refractivity contribution in [1.29, 1.82) is 0 Å². The van der Waals surface area contributed by atoms with Crippen molar-refractivity contribution in [3.8, 4) is 5.75 Å². The van der Waals surface area contributed by atoms with Crippen molar-refractivity contribution in [3.05, 3.63) is 47.5 Å².